The summed E-state index contributed by atoms with van der Waals surface area (Å²) in [7, 11) is 4.02. The van der Waals surface area contributed by atoms with Crippen LogP contribution >= 0.6 is 0 Å². The summed E-state index contributed by atoms with van der Waals surface area (Å²) in [4.78, 5) is 28.9. The zero-order valence-corrected chi connectivity index (χ0v) is 14.7. The van der Waals surface area contributed by atoms with Crippen molar-refractivity contribution in [3.8, 4) is 0 Å². The Bertz CT molecular complexity index is 919. The highest BCUT2D eigenvalue weighted by molar-refractivity contribution is 5.83. The molecule has 0 amide bonds. The number of nitrogens with one attached hydrogen (secondary N) is 3. The van der Waals surface area contributed by atoms with Gasteiger partial charge in [0.25, 0.3) is 10.9 Å². The maximum atomic E-state index is 11.8. The molecular formula is C19H24N4O2. The number of aromatic nitrogens is 1. The standard InChI is InChI=1S/C19H24N4O2/c1-23(2)11-5-9-20-16-17(19(25)18(16)24)21-10-8-13-12-22-15-7-4-3-6-14(13)15/h3-4,6-7,12,20-22H,5,8-11H2,1-2H3. The van der Waals surface area contributed by atoms with Gasteiger partial charge in [-0.1, -0.05) is 18.2 Å². The van der Waals surface area contributed by atoms with Crippen LogP contribution in [0.2, 0.25) is 0 Å². The summed E-state index contributed by atoms with van der Waals surface area (Å²) in [6, 6.07) is 8.13. The first-order valence-electron chi connectivity index (χ1n) is 8.58. The number of fused-ring (bicyclic) bond motifs is 1. The number of nitrogens with zero attached hydrogens (tertiary/aromatic N) is 1. The second-order valence-electron chi connectivity index (χ2n) is 6.53. The van der Waals surface area contributed by atoms with E-state index in [4.69, 9.17) is 0 Å². The topological polar surface area (TPSA) is 77.2 Å². The van der Waals surface area contributed by atoms with Crippen LogP contribution in [-0.4, -0.2) is 43.6 Å². The van der Waals surface area contributed by atoms with Crippen molar-refractivity contribution in [2.75, 3.05) is 44.4 Å². The Morgan fingerprint density at radius 2 is 1.68 bits per heavy atom. The number of aromatic amines is 1. The lowest BCUT2D eigenvalue weighted by molar-refractivity contribution is 0.405. The molecule has 0 atom stereocenters. The van der Waals surface area contributed by atoms with Crippen molar-refractivity contribution < 1.29 is 0 Å². The van der Waals surface area contributed by atoms with E-state index in [2.05, 4.69) is 26.6 Å². The molecule has 2 aromatic carbocycles. The van der Waals surface area contributed by atoms with Crippen molar-refractivity contribution in [2.45, 2.75) is 12.8 Å². The van der Waals surface area contributed by atoms with E-state index < -0.39 is 10.9 Å². The minimum atomic E-state index is -0.422. The summed E-state index contributed by atoms with van der Waals surface area (Å²) in [5.41, 5.74) is 2.32. The van der Waals surface area contributed by atoms with E-state index in [-0.39, 0.29) is 0 Å². The largest absolute Gasteiger partial charge is 0.380 e. The Hall–Kier alpha value is -2.60. The molecule has 0 saturated heterocycles. The molecule has 25 heavy (non-hydrogen) atoms. The van der Waals surface area contributed by atoms with Crippen LogP contribution in [0, 0.1) is 0 Å². The van der Waals surface area contributed by atoms with E-state index in [1.807, 2.05) is 38.5 Å². The fraction of sp³-hybridized carbons (Fsp3) is 0.368. The summed E-state index contributed by atoms with van der Waals surface area (Å²) in [5, 5.41) is 7.41. The Morgan fingerprint density at radius 1 is 1.00 bits per heavy atom. The summed E-state index contributed by atoms with van der Waals surface area (Å²) in [6.07, 6.45) is 3.69. The molecule has 1 aromatic heterocycles. The lowest BCUT2D eigenvalue weighted by atomic mass is 10.1. The van der Waals surface area contributed by atoms with Crippen LogP contribution in [0.15, 0.2) is 40.1 Å². The molecule has 132 valence electrons. The number of benzene rings is 1. The Kier molecular flexibility index (Phi) is 5.19. The third kappa shape index (κ3) is 3.74. The van der Waals surface area contributed by atoms with Gasteiger partial charge in [0, 0.05) is 30.2 Å². The molecule has 0 fully saturated rings. The quantitative estimate of drug-likeness (QED) is 0.409. The van der Waals surface area contributed by atoms with Gasteiger partial charge in [-0.25, -0.2) is 0 Å². The lowest BCUT2D eigenvalue weighted by Gasteiger charge is -2.15. The van der Waals surface area contributed by atoms with Crippen LogP contribution in [0.25, 0.3) is 10.9 Å². The maximum absolute atomic E-state index is 11.8. The predicted octanol–water partition coefficient (Wildman–Crippen LogP) is 1.78. The average Bonchev–Trinajstić information content (AvgIpc) is 3.02. The minimum absolute atomic E-state index is 0.417. The molecule has 6 heteroatoms. The van der Waals surface area contributed by atoms with Crippen LogP contribution in [0.3, 0.4) is 0 Å². The van der Waals surface area contributed by atoms with Gasteiger partial charge in [-0.2, -0.15) is 0 Å². The smallest absolute Gasteiger partial charge is 0.253 e. The van der Waals surface area contributed by atoms with Crippen molar-refractivity contribution >= 4 is 22.3 Å². The summed E-state index contributed by atoms with van der Waals surface area (Å²) < 4.78 is 0. The van der Waals surface area contributed by atoms with Crippen molar-refractivity contribution in [3.63, 3.8) is 0 Å². The Morgan fingerprint density at radius 3 is 2.40 bits per heavy atom. The van der Waals surface area contributed by atoms with E-state index in [9.17, 15) is 9.59 Å². The van der Waals surface area contributed by atoms with Gasteiger partial charge >= 0.3 is 0 Å². The third-order valence-corrected chi connectivity index (χ3v) is 4.37. The van der Waals surface area contributed by atoms with Crippen LogP contribution in [0.1, 0.15) is 12.0 Å². The van der Waals surface area contributed by atoms with E-state index in [0.29, 0.717) is 24.5 Å². The second-order valence-corrected chi connectivity index (χ2v) is 6.53. The molecular weight excluding hydrogens is 316 g/mol. The highest BCUT2D eigenvalue weighted by Gasteiger charge is 2.20. The maximum Gasteiger partial charge on any atom is 0.253 e. The molecule has 0 spiro atoms. The van der Waals surface area contributed by atoms with Gasteiger partial charge < -0.3 is 20.5 Å². The number of H-pyrrole nitrogens is 1. The van der Waals surface area contributed by atoms with Gasteiger partial charge in [-0.3, -0.25) is 9.59 Å². The first kappa shape index (κ1) is 17.2. The molecule has 6 nitrogen and oxygen atoms in total. The number of rotatable bonds is 9. The lowest BCUT2D eigenvalue weighted by Crippen LogP contribution is -2.38. The normalized spacial score (nSPS) is 11.5. The highest BCUT2D eigenvalue weighted by Crippen LogP contribution is 2.19. The van der Waals surface area contributed by atoms with Gasteiger partial charge in [0.05, 0.1) is 0 Å². The number of para-hydroxylation sites is 1. The van der Waals surface area contributed by atoms with Crippen LogP contribution in [0.5, 0.6) is 0 Å². The Labute approximate surface area is 146 Å². The molecule has 0 radical (unpaired) electrons. The molecule has 3 rings (SSSR count). The van der Waals surface area contributed by atoms with Gasteiger partial charge in [0.15, 0.2) is 0 Å². The van der Waals surface area contributed by atoms with Crippen molar-refractivity contribution in [1.82, 2.24) is 9.88 Å². The zero-order chi connectivity index (χ0) is 17.8. The summed E-state index contributed by atoms with van der Waals surface area (Å²) >= 11 is 0. The van der Waals surface area contributed by atoms with Gasteiger partial charge in [-0.15, -0.1) is 0 Å². The van der Waals surface area contributed by atoms with Crippen LogP contribution in [0.4, 0.5) is 11.4 Å². The minimum Gasteiger partial charge on any atom is -0.380 e. The molecule has 3 N–H and O–H groups in total. The fourth-order valence-electron chi connectivity index (χ4n) is 3.00. The van der Waals surface area contributed by atoms with Crippen LogP contribution < -0.4 is 21.5 Å². The van der Waals surface area contributed by atoms with Crippen LogP contribution in [-0.2, 0) is 6.42 Å². The molecule has 0 bridgehead atoms. The number of anilines is 2. The molecule has 0 aliphatic heterocycles. The second kappa shape index (κ2) is 7.53. The highest BCUT2D eigenvalue weighted by atomic mass is 16.2. The van der Waals surface area contributed by atoms with Gasteiger partial charge in [0.2, 0.25) is 0 Å². The molecule has 1 heterocycles. The summed E-state index contributed by atoms with van der Waals surface area (Å²) in [6.45, 7) is 2.23. The van der Waals surface area contributed by atoms with Gasteiger partial charge in [0.1, 0.15) is 11.4 Å². The average molecular weight is 340 g/mol. The third-order valence-electron chi connectivity index (χ3n) is 4.37. The van der Waals surface area contributed by atoms with E-state index in [0.717, 1.165) is 24.9 Å². The number of hydrogen-bond donors (Lipinski definition) is 3. The first-order chi connectivity index (χ1) is 12.1. The van der Waals surface area contributed by atoms with Crippen molar-refractivity contribution in [3.05, 3.63) is 56.5 Å². The molecule has 0 aliphatic carbocycles. The van der Waals surface area contributed by atoms with Crippen molar-refractivity contribution in [2.24, 2.45) is 0 Å². The zero-order valence-electron chi connectivity index (χ0n) is 14.7. The Balaban J connectivity index is 1.56. The van der Waals surface area contributed by atoms with E-state index >= 15 is 0 Å². The van der Waals surface area contributed by atoms with Gasteiger partial charge in [-0.05, 0) is 45.1 Å². The van der Waals surface area contributed by atoms with E-state index in [1.54, 1.807) is 0 Å². The molecule has 0 unspecified atom stereocenters. The predicted molar refractivity (Wildman–Crippen MR) is 104 cm³/mol. The summed E-state index contributed by atoms with van der Waals surface area (Å²) in [5.74, 6) is 0. The van der Waals surface area contributed by atoms with E-state index in [1.165, 1.54) is 10.9 Å². The molecule has 3 aromatic rings. The fourth-order valence-corrected chi connectivity index (χ4v) is 3.00. The molecule has 0 saturated carbocycles. The molecule has 0 aliphatic rings. The first-order valence-corrected chi connectivity index (χ1v) is 8.58. The number of hydrogen-bond acceptors (Lipinski definition) is 5. The monoisotopic (exact) mass is 340 g/mol. The SMILES string of the molecule is CN(C)CCCNc1c(NCCc2c[nH]c3ccccc23)c(=O)c1=O. The van der Waals surface area contributed by atoms with Crippen molar-refractivity contribution in [1.29, 1.82) is 0 Å².